The molecule has 0 aliphatic heterocycles. The number of aromatic nitrogens is 2. The van der Waals surface area contributed by atoms with Crippen LogP contribution in [0.4, 0.5) is 4.79 Å². The zero-order chi connectivity index (χ0) is 23.2. The lowest BCUT2D eigenvalue weighted by Crippen LogP contribution is -2.35. The highest BCUT2D eigenvalue weighted by atomic mass is 35.5. The highest BCUT2D eigenvalue weighted by Crippen LogP contribution is 2.23. The summed E-state index contributed by atoms with van der Waals surface area (Å²) in [5, 5.41) is 6.02. The average molecular weight is 492 g/mol. The van der Waals surface area contributed by atoms with Gasteiger partial charge < -0.3 is 14.2 Å². The number of benzene rings is 1. The Morgan fingerprint density at radius 2 is 1.97 bits per heavy atom. The quantitative estimate of drug-likeness (QED) is 0.554. The van der Waals surface area contributed by atoms with Crippen LogP contribution in [0.2, 0.25) is 10.0 Å². The van der Waals surface area contributed by atoms with Crippen molar-refractivity contribution in [2.24, 2.45) is 0 Å². The smallest absolute Gasteiger partial charge is 0.421 e. The van der Waals surface area contributed by atoms with E-state index in [0.717, 1.165) is 5.41 Å². The fraction of sp³-hybridized carbons (Fsp3) is 0.368. The van der Waals surface area contributed by atoms with E-state index in [4.69, 9.17) is 37.4 Å². The molecule has 0 saturated carbocycles. The number of hydrogen-bond acceptors (Lipinski definition) is 7. The fourth-order valence-corrected chi connectivity index (χ4v) is 3.41. The van der Waals surface area contributed by atoms with Crippen molar-refractivity contribution in [3.05, 3.63) is 51.0 Å². The van der Waals surface area contributed by atoms with Crippen LogP contribution in [0.15, 0.2) is 29.7 Å². The molecule has 9 nitrogen and oxygen atoms in total. The third-order valence-electron chi connectivity index (χ3n) is 3.49. The van der Waals surface area contributed by atoms with Crippen molar-refractivity contribution in [3.63, 3.8) is 0 Å². The van der Waals surface area contributed by atoms with Crippen molar-refractivity contribution in [2.75, 3.05) is 13.9 Å². The summed E-state index contributed by atoms with van der Waals surface area (Å²) in [5.74, 6) is 0.212. The Bertz CT molecular complexity index is 1060. The Kier molecular flexibility index (Phi) is 8.35. The van der Waals surface area contributed by atoms with Crippen molar-refractivity contribution in [3.8, 4) is 5.88 Å². The van der Waals surface area contributed by atoms with E-state index in [9.17, 15) is 13.2 Å². The van der Waals surface area contributed by atoms with Crippen LogP contribution >= 0.6 is 23.2 Å². The van der Waals surface area contributed by atoms with Gasteiger partial charge in [-0.3, -0.25) is 4.68 Å². The number of nitrogens with one attached hydrogen (secondary N) is 1. The molecular weight excluding hydrogens is 469 g/mol. The molecule has 2 rings (SSSR count). The molecule has 1 heterocycles. The minimum Gasteiger partial charge on any atom is -0.449 e. The Hall–Kier alpha value is -2.27. The van der Waals surface area contributed by atoms with Crippen LogP contribution in [0.25, 0.3) is 6.08 Å². The van der Waals surface area contributed by atoms with Gasteiger partial charge in [0.05, 0.1) is 17.6 Å². The summed E-state index contributed by atoms with van der Waals surface area (Å²) in [6, 6.07) is 6.52. The number of nitrogens with zero attached hydrogens (tertiary/aromatic N) is 2. The van der Waals surface area contributed by atoms with E-state index >= 15 is 0 Å². The van der Waals surface area contributed by atoms with E-state index in [1.54, 1.807) is 39.0 Å². The van der Waals surface area contributed by atoms with Crippen molar-refractivity contribution < 1.29 is 27.4 Å². The van der Waals surface area contributed by atoms with Gasteiger partial charge in [-0.1, -0.05) is 29.3 Å². The molecule has 1 aromatic heterocycles. The van der Waals surface area contributed by atoms with E-state index in [1.807, 2.05) is 4.72 Å². The molecule has 0 radical (unpaired) electrons. The van der Waals surface area contributed by atoms with Crippen LogP contribution in [0.3, 0.4) is 0 Å². The monoisotopic (exact) mass is 491 g/mol. The van der Waals surface area contributed by atoms with Gasteiger partial charge in [0.2, 0.25) is 5.88 Å². The summed E-state index contributed by atoms with van der Waals surface area (Å²) in [4.78, 5) is 11.8. The summed E-state index contributed by atoms with van der Waals surface area (Å²) in [5.41, 5.74) is 0.247. The van der Waals surface area contributed by atoms with Gasteiger partial charge in [-0.25, -0.2) is 17.9 Å². The predicted octanol–water partition coefficient (Wildman–Crippen LogP) is 4.05. The van der Waals surface area contributed by atoms with Gasteiger partial charge >= 0.3 is 6.09 Å². The van der Waals surface area contributed by atoms with Crippen LogP contribution in [-0.4, -0.2) is 43.8 Å². The van der Waals surface area contributed by atoms with Gasteiger partial charge in [0.25, 0.3) is 10.0 Å². The Labute approximate surface area is 190 Å². The number of amides is 1. The number of carbonyl (C=O) groups excluding carboxylic acids is 1. The fourth-order valence-electron chi connectivity index (χ4n) is 2.28. The van der Waals surface area contributed by atoms with E-state index in [0.29, 0.717) is 21.3 Å². The van der Waals surface area contributed by atoms with Gasteiger partial charge in [-0.15, -0.1) is 5.10 Å². The third kappa shape index (κ3) is 8.41. The minimum absolute atomic E-state index is 0.0413. The molecule has 2 aromatic rings. The number of hydrogen-bond donors (Lipinski definition) is 1. The normalized spacial score (nSPS) is 12.2. The molecule has 0 aliphatic rings. The van der Waals surface area contributed by atoms with Crippen molar-refractivity contribution in [1.29, 1.82) is 0 Å². The van der Waals surface area contributed by atoms with Crippen molar-refractivity contribution in [1.82, 2.24) is 14.5 Å². The van der Waals surface area contributed by atoms with E-state index in [2.05, 4.69) is 5.10 Å². The molecule has 0 fully saturated rings. The van der Waals surface area contributed by atoms with Crippen molar-refractivity contribution >= 4 is 45.4 Å². The molecule has 0 saturated heterocycles. The maximum atomic E-state index is 12.2. The maximum Gasteiger partial charge on any atom is 0.421 e. The summed E-state index contributed by atoms with van der Waals surface area (Å²) >= 11 is 12.2. The first-order valence-corrected chi connectivity index (χ1v) is 11.3. The number of carbonyl (C=O) groups is 1. The van der Waals surface area contributed by atoms with Crippen LogP contribution < -0.4 is 9.46 Å². The zero-order valence-electron chi connectivity index (χ0n) is 17.4. The molecule has 0 bridgehead atoms. The van der Waals surface area contributed by atoms with Crippen LogP contribution in [0, 0.1) is 0 Å². The lowest BCUT2D eigenvalue weighted by molar-refractivity contribution is 0.0473. The Morgan fingerprint density at radius 1 is 1.26 bits per heavy atom. The zero-order valence-corrected chi connectivity index (χ0v) is 19.7. The summed E-state index contributed by atoms with van der Waals surface area (Å²) < 4.78 is 42.9. The second-order valence-electron chi connectivity index (χ2n) is 7.30. The van der Waals surface area contributed by atoms with Gasteiger partial charge in [-0.05, 0) is 44.5 Å². The van der Waals surface area contributed by atoms with E-state index in [1.165, 1.54) is 23.9 Å². The molecular formula is C19H23Cl2N3O6S. The predicted molar refractivity (Wildman–Crippen MR) is 118 cm³/mol. The molecule has 170 valence electrons. The summed E-state index contributed by atoms with van der Waals surface area (Å²) in [7, 11) is -2.66. The second kappa shape index (κ2) is 10.4. The summed E-state index contributed by atoms with van der Waals surface area (Å²) in [6.45, 7) is 5.04. The number of sulfonamides is 1. The average Bonchev–Trinajstić information content (AvgIpc) is 3.00. The standard InChI is InChI=1S/C19H23Cl2N3O6S/c1-19(2,3)30-18(25)23-31(26,27)8-7-15-10-17(29-12-28-4)22-24(15)11-13-5-6-14(20)9-16(13)21/h5-10H,11-12H2,1-4H3,(H,23,25)/b8-7+. The molecule has 12 heteroatoms. The molecule has 0 spiro atoms. The molecule has 1 N–H and O–H groups in total. The summed E-state index contributed by atoms with van der Waals surface area (Å²) in [6.07, 6.45) is 0.186. The lowest BCUT2D eigenvalue weighted by Gasteiger charge is -2.19. The van der Waals surface area contributed by atoms with E-state index in [-0.39, 0.29) is 19.2 Å². The SMILES string of the molecule is COCOc1cc(/C=C/S(=O)(=O)NC(=O)OC(C)(C)C)n(Cc2ccc(Cl)cc2Cl)n1. The molecule has 0 unspecified atom stereocenters. The number of ether oxygens (including phenoxy) is 3. The first-order valence-electron chi connectivity index (χ1n) is 8.96. The Balaban J connectivity index is 2.26. The third-order valence-corrected chi connectivity index (χ3v) is 5.02. The molecule has 31 heavy (non-hydrogen) atoms. The van der Waals surface area contributed by atoms with Gasteiger partial charge in [0, 0.05) is 23.2 Å². The highest BCUT2D eigenvalue weighted by molar-refractivity contribution is 7.93. The maximum absolute atomic E-state index is 12.2. The number of rotatable bonds is 8. The first-order chi connectivity index (χ1) is 14.4. The molecule has 1 aromatic carbocycles. The molecule has 0 atom stereocenters. The van der Waals surface area contributed by atoms with Crippen LogP contribution in [-0.2, 0) is 26.0 Å². The van der Waals surface area contributed by atoms with Crippen LogP contribution in [0.5, 0.6) is 5.88 Å². The van der Waals surface area contributed by atoms with Gasteiger partial charge in [-0.2, -0.15) is 0 Å². The Morgan fingerprint density at radius 3 is 2.58 bits per heavy atom. The van der Waals surface area contributed by atoms with Crippen LogP contribution in [0.1, 0.15) is 32.0 Å². The number of halogens is 2. The van der Waals surface area contributed by atoms with Crippen molar-refractivity contribution in [2.45, 2.75) is 32.9 Å². The first kappa shape index (κ1) is 25.0. The lowest BCUT2D eigenvalue weighted by atomic mass is 10.2. The largest absolute Gasteiger partial charge is 0.449 e. The molecule has 0 aliphatic carbocycles. The number of methoxy groups -OCH3 is 1. The molecule has 1 amide bonds. The highest BCUT2D eigenvalue weighted by Gasteiger charge is 2.20. The van der Waals surface area contributed by atoms with Gasteiger partial charge in [0.15, 0.2) is 6.79 Å². The minimum atomic E-state index is -4.12. The topological polar surface area (TPSA) is 109 Å². The van der Waals surface area contributed by atoms with E-state index < -0.39 is 21.7 Å². The second-order valence-corrected chi connectivity index (χ2v) is 9.71. The van der Waals surface area contributed by atoms with Gasteiger partial charge in [0.1, 0.15) is 5.60 Å².